The van der Waals surface area contributed by atoms with Gasteiger partial charge in [0.15, 0.2) is 5.82 Å². The predicted molar refractivity (Wildman–Crippen MR) is 96.9 cm³/mol. The van der Waals surface area contributed by atoms with E-state index in [0.29, 0.717) is 25.8 Å². The van der Waals surface area contributed by atoms with Crippen LogP contribution in [0.4, 0.5) is 0 Å². The molecule has 144 valence electrons. The monoisotopic (exact) mass is 384 g/mol. The van der Waals surface area contributed by atoms with Crippen LogP contribution in [0.15, 0.2) is 35.7 Å². The Kier molecular flexibility index (Phi) is 4.74. The van der Waals surface area contributed by atoms with Crippen molar-refractivity contribution in [2.45, 2.75) is 18.8 Å². The molecule has 0 radical (unpaired) electrons. The van der Waals surface area contributed by atoms with Crippen LogP contribution in [0.25, 0.3) is 0 Å². The molecule has 1 saturated heterocycles. The summed E-state index contributed by atoms with van der Waals surface area (Å²) in [6.07, 6.45) is 3.71. The Morgan fingerprint density at radius 2 is 2.07 bits per heavy atom. The van der Waals surface area contributed by atoms with E-state index in [1.165, 1.54) is 0 Å². The van der Waals surface area contributed by atoms with Gasteiger partial charge in [-0.1, -0.05) is 11.2 Å². The van der Waals surface area contributed by atoms with Crippen LogP contribution in [0.3, 0.4) is 0 Å². The smallest absolute Gasteiger partial charge is 0.522 e. The molecule has 28 heavy (non-hydrogen) atoms. The Balaban J connectivity index is 1.49. The van der Waals surface area contributed by atoms with E-state index < -0.39 is 13.1 Å². The minimum atomic E-state index is -1.19. The number of likely N-dealkylation sites (tertiary alicyclic amines) is 1. The summed E-state index contributed by atoms with van der Waals surface area (Å²) in [6.45, 7) is 0.745. The molecule has 1 fully saturated rings. The molecule has 0 unspecified atom stereocenters. The molecule has 0 saturated carbocycles. The average molecular weight is 384 g/mol. The number of amidine groups is 1. The average Bonchev–Trinajstić information content (AvgIpc) is 2.66. The van der Waals surface area contributed by atoms with Crippen LogP contribution in [0.5, 0.6) is 11.5 Å². The number of aromatic nitrogens is 2. The molecule has 10 nitrogen and oxygen atoms in total. The molecule has 11 heteroatoms. The fourth-order valence-corrected chi connectivity index (χ4v) is 3.24. The molecule has 4 rings (SSSR count). The highest BCUT2D eigenvalue weighted by atomic mass is 16.5. The number of rotatable bonds is 4. The lowest BCUT2D eigenvalue weighted by atomic mass is 9.78. The third kappa shape index (κ3) is 3.31. The highest BCUT2D eigenvalue weighted by Crippen LogP contribution is 2.37. The molecule has 0 amide bonds. The van der Waals surface area contributed by atoms with E-state index in [-0.39, 0.29) is 34.8 Å². The highest BCUT2D eigenvalue weighted by Gasteiger charge is 2.36. The number of aromatic carboxylic acids is 1. The molecule has 0 aliphatic carbocycles. The highest BCUT2D eigenvalue weighted by molar-refractivity contribution is 6.44. The number of hydrogen-bond acceptors (Lipinski definition) is 8. The van der Waals surface area contributed by atoms with Gasteiger partial charge in [-0.15, -0.1) is 0 Å². The van der Waals surface area contributed by atoms with Crippen molar-refractivity contribution in [1.29, 1.82) is 0 Å². The van der Waals surface area contributed by atoms with Crippen molar-refractivity contribution < 1.29 is 29.5 Å². The lowest BCUT2D eigenvalue weighted by Crippen LogP contribution is -2.56. The molecule has 1 aromatic heterocycles. The van der Waals surface area contributed by atoms with E-state index >= 15 is 0 Å². The van der Waals surface area contributed by atoms with Gasteiger partial charge in [-0.05, 0) is 30.4 Å². The number of hydrogen-bond donors (Lipinski definition) is 3. The number of carboxylic acid groups (broad SMARTS) is 1. The van der Waals surface area contributed by atoms with Gasteiger partial charge in [-0.25, -0.2) is 14.8 Å². The maximum absolute atomic E-state index is 11.8. The Hall–Kier alpha value is -3.34. The summed E-state index contributed by atoms with van der Waals surface area (Å²) in [6, 6.07) is 5.01. The molecule has 0 spiro atoms. The molecule has 1 aromatic carbocycles. The lowest BCUT2D eigenvalue weighted by Gasteiger charge is -2.40. The predicted octanol–water partition coefficient (Wildman–Crippen LogP) is 0.489. The van der Waals surface area contributed by atoms with Crippen LogP contribution in [0, 0.1) is 0 Å². The summed E-state index contributed by atoms with van der Waals surface area (Å²) >= 11 is 0. The zero-order valence-electron chi connectivity index (χ0n) is 14.7. The SMILES string of the molecule is O=C(O)c1c(OC2CN(/C(=N\O)c3ncccn3)C2)ccc2c1OB(O)CC2. The molecule has 2 aliphatic heterocycles. The minimum absolute atomic E-state index is 0.0999. The number of carbonyl (C=O) groups is 1. The maximum atomic E-state index is 11.8. The summed E-state index contributed by atoms with van der Waals surface area (Å²) in [7, 11) is -1.03. The van der Waals surface area contributed by atoms with Crippen molar-refractivity contribution in [3.63, 3.8) is 0 Å². The van der Waals surface area contributed by atoms with Crippen LogP contribution in [0.2, 0.25) is 6.32 Å². The van der Waals surface area contributed by atoms with Crippen LogP contribution in [-0.4, -0.2) is 68.3 Å². The zero-order valence-corrected chi connectivity index (χ0v) is 14.7. The van der Waals surface area contributed by atoms with E-state index in [1.54, 1.807) is 35.5 Å². The van der Waals surface area contributed by atoms with E-state index in [0.717, 1.165) is 5.56 Å². The van der Waals surface area contributed by atoms with E-state index in [4.69, 9.17) is 9.39 Å². The first-order valence-electron chi connectivity index (χ1n) is 8.71. The summed E-state index contributed by atoms with van der Waals surface area (Å²) in [4.78, 5) is 21.6. The molecular weight excluding hydrogens is 367 g/mol. The molecular formula is C17H17BN4O6. The topological polar surface area (TPSA) is 138 Å². The second-order valence-corrected chi connectivity index (χ2v) is 6.48. The van der Waals surface area contributed by atoms with Crippen molar-refractivity contribution in [3.05, 3.63) is 47.5 Å². The van der Waals surface area contributed by atoms with Crippen LogP contribution < -0.4 is 9.39 Å². The minimum Gasteiger partial charge on any atom is -0.535 e. The van der Waals surface area contributed by atoms with Gasteiger partial charge >= 0.3 is 13.1 Å². The summed E-state index contributed by atoms with van der Waals surface area (Å²) in [5.41, 5.74) is 0.623. The van der Waals surface area contributed by atoms with Gasteiger partial charge in [0.25, 0.3) is 0 Å². The van der Waals surface area contributed by atoms with Crippen LogP contribution in [0.1, 0.15) is 21.7 Å². The Morgan fingerprint density at radius 1 is 1.32 bits per heavy atom. The molecule has 0 bridgehead atoms. The normalized spacial score (nSPS) is 16.8. The second kappa shape index (κ2) is 7.35. The fraction of sp³-hybridized carbons (Fsp3) is 0.294. The van der Waals surface area contributed by atoms with Gasteiger partial charge in [0.05, 0.1) is 13.1 Å². The zero-order chi connectivity index (χ0) is 19.7. The first-order valence-corrected chi connectivity index (χ1v) is 8.71. The quantitative estimate of drug-likeness (QED) is 0.226. The standard InChI is InChI=1S/C17H17BN4O6/c23-17(24)13-12(3-2-10-4-5-18(25)28-14(10)13)27-11-8-22(9-11)16(21-26)15-19-6-1-7-20-15/h1-3,6-7,11,25-26H,4-5,8-9H2,(H,23,24)/b21-16-. The van der Waals surface area contributed by atoms with Crippen molar-refractivity contribution in [1.82, 2.24) is 14.9 Å². The third-order valence-electron chi connectivity index (χ3n) is 4.63. The van der Waals surface area contributed by atoms with Gasteiger partial charge in [0.1, 0.15) is 23.2 Å². The summed E-state index contributed by atoms with van der Waals surface area (Å²) in [5.74, 6) is -0.368. The second-order valence-electron chi connectivity index (χ2n) is 6.48. The van der Waals surface area contributed by atoms with Crippen LogP contribution in [-0.2, 0) is 6.42 Å². The number of ether oxygens (including phenoxy) is 1. The third-order valence-corrected chi connectivity index (χ3v) is 4.63. The molecule has 2 aromatic rings. The number of oxime groups is 1. The number of carboxylic acids is 1. The lowest BCUT2D eigenvalue weighted by molar-refractivity contribution is 0.0586. The van der Waals surface area contributed by atoms with Gasteiger partial charge in [-0.2, -0.15) is 0 Å². The molecule has 2 aliphatic rings. The number of fused-ring (bicyclic) bond motifs is 1. The summed E-state index contributed by atoms with van der Waals surface area (Å²) < 4.78 is 11.2. The first kappa shape index (κ1) is 18.0. The van der Waals surface area contributed by atoms with Crippen molar-refractivity contribution >= 4 is 18.9 Å². The molecule has 3 heterocycles. The fourth-order valence-electron chi connectivity index (χ4n) is 3.24. The van der Waals surface area contributed by atoms with Crippen molar-refractivity contribution in [2.75, 3.05) is 13.1 Å². The largest absolute Gasteiger partial charge is 0.535 e. The first-order chi connectivity index (χ1) is 13.6. The van der Waals surface area contributed by atoms with Crippen LogP contribution >= 0.6 is 0 Å². The maximum Gasteiger partial charge on any atom is 0.522 e. The van der Waals surface area contributed by atoms with Gasteiger partial charge in [0.2, 0.25) is 5.84 Å². The number of nitrogens with zero attached hydrogens (tertiary/aromatic N) is 4. The number of benzene rings is 1. The summed E-state index contributed by atoms with van der Waals surface area (Å²) in [5, 5.41) is 31.9. The number of aryl methyl sites for hydroxylation is 1. The van der Waals surface area contributed by atoms with E-state index in [2.05, 4.69) is 15.1 Å². The van der Waals surface area contributed by atoms with Gasteiger partial charge in [0, 0.05) is 12.4 Å². The van der Waals surface area contributed by atoms with Crippen molar-refractivity contribution in [3.8, 4) is 11.5 Å². The van der Waals surface area contributed by atoms with E-state index in [9.17, 15) is 20.1 Å². The van der Waals surface area contributed by atoms with Gasteiger partial charge in [-0.3, -0.25) is 0 Å². The Morgan fingerprint density at radius 3 is 2.75 bits per heavy atom. The Bertz CT molecular complexity index is 919. The van der Waals surface area contributed by atoms with E-state index in [1.807, 2.05) is 0 Å². The molecule has 3 N–H and O–H groups in total. The Labute approximate surface area is 160 Å². The molecule has 0 atom stereocenters. The van der Waals surface area contributed by atoms with Crippen molar-refractivity contribution in [2.24, 2.45) is 5.16 Å². The van der Waals surface area contributed by atoms with Gasteiger partial charge < -0.3 is 29.6 Å².